The van der Waals surface area contributed by atoms with E-state index in [9.17, 15) is 4.79 Å². The second kappa shape index (κ2) is 6.56. The number of Topliss-reactive ketones (excluding diaryl/α,β-unsaturated/α-hetero) is 1. The molecule has 5 nitrogen and oxygen atoms in total. The number of ketones is 1. The fraction of sp³-hybridized carbons (Fsp3) is 0.357. The van der Waals surface area contributed by atoms with Crippen LogP contribution in [0.25, 0.3) is 0 Å². The van der Waals surface area contributed by atoms with Gasteiger partial charge >= 0.3 is 0 Å². The molecule has 6 heteroatoms. The highest BCUT2D eigenvalue weighted by molar-refractivity contribution is 7.99. The molecule has 1 aromatic heterocycles. The van der Waals surface area contributed by atoms with E-state index in [1.807, 2.05) is 24.3 Å². The number of nitrogen functional groups attached to an aromatic ring is 1. The number of nitrogens with zero attached hydrogens (tertiary/aromatic N) is 2. The van der Waals surface area contributed by atoms with E-state index in [2.05, 4.69) is 29.0 Å². The lowest BCUT2D eigenvalue weighted by Gasteiger charge is -2.09. The highest BCUT2D eigenvalue weighted by atomic mass is 32.2. The van der Waals surface area contributed by atoms with Crippen molar-refractivity contribution in [3.8, 4) is 0 Å². The molecule has 0 unspecified atom stereocenters. The quantitative estimate of drug-likeness (QED) is 0.631. The van der Waals surface area contributed by atoms with Crippen LogP contribution in [0.2, 0.25) is 0 Å². The summed E-state index contributed by atoms with van der Waals surface area (Å²) in [6, 6.07) is 7.82. The zero-order chi connectivity index (χ0) is 14.5. The average Bonchev–Trinajstić information content (AvgIpc) is 2.89. The smallest absolute Gasteiger partial charge is 0.216 e. The number of aromatic nitrogens is 3. The maximum absolute atomic E-state index is 12.1. The van der Waals surface area contributed by atoms with Crippen LogP contribution in [0.3, 0.4) is 0 Å². The van der Waals surface area contributed by atoms with Crippen molar-refractivity contribution in [2.45, 2.75) is 31.3 Å². The SMILES string of the molecule is CC[C@H](C)c1ccc(C(=O)CSc2n[nH]c(N)n2)cc1. The van der Waals surface area contributed by atoms with Crippen LogP contribution in [-0.2, 0) is 0 Å². The van der Waals surface area contributed by atoms with Gasteiger partial charge in [-0.1, -0.05) is 49.9 Å². The molecule has 1 atom stereocenters. The Kier molecular flexibility index (Phi) is 4.79. The van der Waals surface area contributed by atoms with Gasteiger partial charge in [0.15, 0.2) is 5.78 Å². The van der Waals surface area contributed by atoms with Crippen molar-refractivity contribution in [3.05, 3.63) is 35.4 Å². The van der Waals surface area contributed by atoms with Crippen LogP contribution < -0.4 is 5.73 Å². The summed E-state index contributed by atoms with van der Waals surface area (Å²) in [6.45, 7) is 4.34. The van der Waals surface area contributed by atoms with E-state index < -0.39 is 0 Å². The first kappa shape index (κ1) is 14.6. The number of anilines is 1. The maximum atomic E-state index is 12.1. The van der Waals surface area contributed by atoms with Crippen LogP contribution in [0, 0.1) is 0 Å². The predicted molar refractivity (Wildman–Crippen MR) is 81.0 cm³/mol. The summed E-state index contributed by atoms with van der Waals surface area (Å²) in [5.74, 6) is 1.15. The Balaban J connectivity index is 1.95. The van der Waals surface area contributed by atoms with Crippen LogP contribution in [0.5, 0.6) is 0 Å². The van der Waals surface area contributed by atoms with Crippen molar-refractivity contribution in [1.82, 2.24) is 15.2 Å². The molecule has 2 rings (SSSR count). The second-order valence-electron chi connectivity index (χ2n) is 4.65. The normalized spacial score (nSPS) is 12.3. The molecule has 0 saturated heterocycles. The number of hydrogen-bond donors (Lipinski definition) is 2. The first-order valence-electron chi connectivity index (χ1n) is 6.54. The third-order valence-electron chi connectivity index (χ3n) is 3.23. The minimum absolute atomic E-state index is 0.0640. The molecule has 0 aliphatic rings. The standard InChI is InChI=1S/C14H18N4OS/c1-3-9(2)10-4-6-11(7-5-10)12(19)8-20-14-16-13(15)17-18-14/h4-7,9H,3,8H2,1-2H3,(H3,15,16,17,18)/t9-/m0/s1. The summed E-state index contributed by atoms with van der Waals surface area (Å²) in [5.41, 5.74) is 7.41. The highest BCUT2D eigenvalue weighted by Gasteiger charge is 2.10. The van der Waals surface area contributed by atoms with Gasteiger partial charge in [0.25, 0.3) is 0 Å². The number of nitrogens with one attached hydrogen (secondary N) is 1. The zero-order valence-electron chi connectivity index (χ0n) is 11.6. The van der Waals surface area contributed by atoms with Gasteiger partial charge in [-0.15, -0.1) is 5.10 Å². The van der Waals surface area contributed by atoms with Gasteiger partial charge in [0.05, 0.1) is 5.75 Å². The van der Waals surface area contributed by atoms with E-state index >= 15 is 0 Å². The Morgan fingerprint density at radius 3 is 2.65 bits per heavy atom. The monoisotopic (exact) mass is 290 g/mol. The topological polar surface area (TPSA) is 84.7 Å². The molecule has 0 radical (unpaired) electrons. The molecule has 106 valence electrons. The molecular formula is C14H18N4OS. The van der Waals surface area contributed by atoms with Crippen LogP contribution >= 0.6 is 11.8 Å². The van der Waals surface area contributed by atoms with Crippen LogP contribution in [-0.4, -0.2) is 26.7 Å². The first-order valence-corrected chi connectivity index (χ1v) is 7.52. The van der Waals surface area contributed by atoms with E-state index in [-0.39, 0.29) is 11.7 Å². The van der Waals surface area contributed by atoms with E-state index in [4.69, 9.17) is 5.73 Å². The molecule has 0 spiro atoms. The lowest BCUT2D eigenvalue weighted by molar-refractivity contribution is 0.102. The van der Waals surface area contributed by atoms with Crippen molar-refractivity contribution in [2.75, 3.05) is 11.5 Å². The summed E-state index contributed by atoms with van der Waals surface area (Å²) >= 11 is 1.28. The van der Waals surface area contributed by atoms with Crippen LogP contribution in [0.1, 0.15) is 42.1 Å². The van der Waals surface area contributed by atoms with Gasteiger partial charge < -0.3 is 5.73 Å². The number of H-pyrrole nitrogens is 1. The minimum atomic E-state index is 0.0640. The number of thioether (sulfide) groups is 1. The molecule has 0 fully saturated rings. The van der Waals surface area contributed by atoms with Gasteiger partial charge in [-0.05, 0) is 17.9 Å². The van der Waals surface area contributed by atoms with Crippen molar-refractivity contribution in [1.29, 1.82) is 0 Å². The van der Waals surface area contributed by atoms with Crippen molar-refractivity contribution >= 4 is 23.5 Å². The Hall–Kier alpha value is -1.82. The lowest BCUT2D eigenvalue weighted by Crippen LogP contribution is -2.03. The number of rotatable bonds is 6. The lowest BCUT2D eigenvalue weighted by atomic mass is 9.97. The van der Waals surface area contributed by atoms with Crippen LogP contribution in [0.15, 0.2) is 29.4 Å². The molecule has 0 amide bonds. The zero-order valence-corrected chi connectivity index (χ0v) is 12.4. The predicted octanol–water partition coefficient (Wildman–Crippen LogP) is 2.88. The molecular weight excluding hydrogens is 272 g/mol. The Bertz CT molecular complexity index is 579. The summed E-state index contributed by atoms with van der Waals surface area (Å²) in [7, 11) is 0. The molecule has 1 heterocycles. The Morgan fingerprint density at radius 1 is 1.40 bits per heavy atom. The molecule has 1 aromatic carbocycles. The average molecular weight is 290 g/mol. The maximum Gasteiger partial charge on any atom is 0.216 e. The minimum Gasteiger partial charge on any atom is -0.368 e. The van der Waals surface area contributed by atoms with E-state index in [1.54, 1.807) is 0 Å². The number of hydrogen-bond acceptors (Lipinski definition) is 5. The van der Waals surface area contributed by atoms with Gasteiger partial charge in [0, 0.05) is 5.56 Å². The molecule has 0 saturated carbocycles. The molecule has 0 bridgehead atoms. The summed E-state index contributed by atoms with van der Waals surface area (Å²) in [6.07, 6.45) is 1.09. The summed E-state index contributed by atoms with van der Waals surface area (Å²) in [4.78, 5) is 16.0. The number of carbonyl (C=O) groups is 1. The molecule has 0 aliphatic heterocycles. The van der Waals surface area contributed by atoms with E-state index in [1.165, 1.54) is 17.3 Å². The Morgan fingerprint density at radius 2 is 2.10 bits per heavy atom. The fourth-order valence-electron chi connectivity index (χ4n) is 1.77. The van der Waals surface area contributed by atoms with E-state index in [0.717, 1.165) is 6.42 Å². The van der Waals surface area contributed by atoms with Gasteiger partial charge in [-0.3, -0.25) is 4.79 Å². The van der Waals surface area contributed by atoms with Crippen molar-refractivity contribution in [2.24, 2.45) is 0 Å². The third kappa shape index (κ3) is 3.60. The van der Waals surface area contributed by atoms with Gasteiger partial charge in [-0.2, -0.15) is 4.98 Å². The van der Waals surface area contributed by atoms with Gasteiger partial charge in [-0.25, -0.2) is 5.10 Å². The summed E-state index contributed by atoms with van der Waals surface area (Å²) in [5, 5.41) is 6.92. The highest BCUT2D eigenvalue weighted by Crippen LogP contribution is 2.20. The Labute approximate surface area is 122 Å². The number of nitrogens with two attached hydrogens (primary N) is 1. The largest absolute Gasteiger partial charge is 0.368 e. The first-order chi connectivity index (χ1) is 9.60. The third-order valence-corrected chi connectivity index (χ3v) is 4.08. The fourth-order valence-corrected chi connectivity index (χ4v) is 2.47. The van der Waals surface area contributed by atoms with Gasteiger partial charge in [0.1, 0.15) is 0 Å². The molecule has 0 aliphatic carbocycles. The molecule has 3 N–H and O–H groups in total. The molecule has 20 heavy (non-hydrogen) atoms. The van der Waals surface area contributed by atoms with E-state index in [0.29, 0.717) is 22.4 Å². The van der Waals surface area contributed by atoms with Crippen molar-refractivity contribution < 1.29 is 4.79 Å². The number of carbonyl (C=O) groups excluding carboxylic acids is 1. The second-order valence-corrected chi connectivity index (χ2v) is 5.59. The van der Waals surface area contributed by atoms with Gasteiger partial charge in [0.2, 0.25) is 11.1 Å². The van der Waals surface area contributed by atoms with Crippen LogP contribution in [0.4, 0.5) is 5.95 Å². The summed E-state index contributed by atoms with van der Waals surface area (Å²) < 4.78 is 0. The number of benzene rings is 1. The number of aromatic amines is 1. The molecule has 2 aromatic rings. The van der Waals surface area contributed by atoms with Crippen molar-refractivity contribution in [3.63, 3.8) is 0 Å².